The second-order valence-electron chi connectivity index (χ2n) is 5.58. The van der Waals surface area contributed by atoms with Crippen LogP contribution in [0.5, 0.6) is 0 Å². The van der Waals surface area contributed by atoms with E-state index in [0.717, 1.165) is 11.1 Å². The first kappa shape index (κ1) is 12.3. The summed E-state index contributed by atoms with van der Waals surface area (Å²) in [5.41, 5.74) is 8.08. The van der Waals surface area contributed by atoms with Gasteiger partial charge in [-0.25, -0.2) is 0 Å². The number of rotatable bonds is 2. The average Bonchev–Trinajstić information content (AvgIpc) is 2.70. The first-order valence-corrected chi connectivity index (χ1v) is 7.15. The maximum atomic E-state index is 5.90. The molecule has 1 aromatic carbocycles. The molecule has 102 valence electrons. The SMILES string of the molecule is CC1CCCCCC1Nc1nc2c(N)cccc2o1. The summed E-state index contributed by atoms with van der Waals surface area (Å²) in [5, 5.41) is 3.45. The molecule has 2 aromatic rings. The molecule has 3 rings (SSSR count). The fourth-order valence-corrected chi connectivity index (χ4v) is 2.90. The molecule has 0 bridgehead atoms. The minimum atomic E-state index is 0.455. The molecule has 0 aliphatic heterocycles. The standard InChI is InChI=1S/C15H21N3O/c1-10-6-3-2-4-8-12(10)17-15-18-14-11(16)7-5-9-13(14)19-15/h5,7,9-10,12H,2-4,6,8,16H2,1H3,(H,17,18). The summed E-state index contributed by atoms with van der Waals surface area (Å²) in [6.45, 7) is 2.31. The molecule has 1 fully saturated rings. The number of anilines is 2. The third-order valence-corrected chi connectivity index (χ3v) is 4.12. The lowest BCUT2D eigenvalue weighted by Gasteiger charge is -2.21. The molecule has 0 spiro atoms. The van der Waals surface area contributed by atoms with Crippen LogP contribution in [-0.4, -0.2) is 11.0 Å². The van der Waals surface area contributed by atoms with Crippen molar-refractivity contribution in [2.24, 2.45) is 5.92 Å². The highest BCUT2D eigenvalue weighted by Gasteiger charge is 2.21. The van der Waals surface area contributed by atoms with Crippen LogP contribution in [0, 0.1) is 5.92 Å². The predicted octanol–water partition coefficient (Wildman–Crippen LogP) is 3.79. The number of hydrogen-bond donors (Lipinski definition) is 2. The van der Waals surface area contributed by atoms with Gasteiger partial charge in [-0.3, -0.25) is 0 Å². The van der Waals surface area contributed by atoms with Gasteiger partial charge in [0, 0.05) is 6.04 Å². The molecule has 1 aliphatic rings. The van der Waals surface area contributed by atoms with Gasteiger partial charge in [0.1, 0.15) is 5.52 Å². The van der Waals surface area contributed by atoms with Gasteiger partial charge < -0.3 is 15.5 Å². The van der Waals surface area contributed by atoms with Crippen molar-refractivity contribution in [2.45, 2.75) is 45.1 Å². The van der Waals surface area contributed by atoms with Crippen LogP contribution in [0.2, 0.25) is 0 Å². The summed E-state index contributed by atoms with van der Waals surface area (Å²) in [6.07, 6.45) is 6.42. The number of hydrogen-bond acceptors (Lipinski definition) is 4. The number of nitrogens with two attached hydrogens (primary N) is 1. The summed E-state index contributed by atoms with van der Waals surface area (Å²) in [5.74, 6) is 0.662. The summed E-state index contributed by atoms with van der Waals surface area (Å²) in [4.78, 5) is 4.47. The van der Waals surface area contributed by atoms with Crippen LogP contribution >= 0.6 is 0 Å². The molecule has 1 heterocycles. The molecule has 0 radical (unpaired) electrons. The third kappa shape index (κ3) is 2.53. The van der Waals surface area contributed by atoms with E-state index in [4.69, 9.17) is 10.2 Å². The van der Waals surface area contributed by atoms with Crippen LogP contribution in [0.25, 0.3) is 11.1 Å². The van der Waals surface area contributed by atoms with Gasteiger partial charge in [-0.2, -0.15) is 4.98 Å². The molecule has 2 atom stereocenters. The second-order valence-corrected chi connectivity index (χ2v) is 5.58. The van der Waals surface area contributed by atoms with Crippen molar-refractivity contribution in [1.82, 2.24) is 4.98 Å². The highest BCUT2D eigenvalue weighted by molar-refractivity contribution is 5.86. The number of fused-ring (bicyclic) bond motifs is 1. The Hall–Kier alpha value is -1.71. The molecule has 4 heteroatoms. The first-order valence-electron chi connectivity index (χ1n) is 7.15. The number of nitrogens with zero attached hydrogens (tertiary/aromatic N) is 1. The van der Waals surface area contributed by atoms with Crippen LogP contribution < -0.4 is 11.1 Å². The van der Waals surface area contributed by atoms with Crippen LogP contribution in [-0.2, 0) is 0 Å². The summed E-state index contributed by atoms with van der Waals surface area (Å²) in [6, 6.07) is 6.70. The van der Waals surface area contributed by atoms with E-state index in [0.29, 0.717) is 23.7 Å². The fourth-order valence-electron chi connectivity index (χ4n) is 2.90. The van der Waals surface area contributed by atoms with Gasteiger partial charge in [-0.15, -0.1) is 0 Å². The number of para-hydroxylation sites is 1. The molecular weight excluding hydrogens is 238 g/mol. The van der Waals surface area contributed by atoms with E-state index < -0.39 is 0 Å². The highest BCUT2D eigenvalue weighted by Crippen LogP contribution is 2.28. The van der Waals surface area contributed by atoms with Crippen molar-refractivity contribution in [2.75, 3.05) is 11.1 Å². The smallest absolute Gasteiger partial charge is 0.295 e. The number of oxazole rings is 1. The topological polar surface area (TPSA) is 64.1 Å². The van der Waals surface area contributed by atoms with E-state index in [1.54, 1.807) is 0 Å². The van der Waals surface area contributed by atoms with Crippen LogP contribution in [0.3, 0.4) is 0 Å². The van der Waals surface area contributed by atoms with Crippen molar-refractivity contribution < 1.29 is 4.42 Å². The van der Waals surface area contributed by atoms with E-state index in [9.17, 15) is 0 Å². The number of benzene rings is 1. The van der Waals surface area contributed by atoms with Gasteiger partial charge in [0.15, 0.2) is 5.58 Å². The fraction of sp³-hybridized carbons (Fsp3) is 0.533. The zero-order valence-corrected chi connectivity index (χ0v) is 11.4. The Kier molecular flexibility index (Phi) is 3.32. The van der Waals surface area contributed by atoms with Gasteiger partial charge in [-0.05, 0) is 30.9 Å². The molecular formula is C15H21N3O. The molecule has 2 unspecified atom stereocenters. The minimum Gasteiger partial charge on any atom is -0.423 e. The van der Waals surface area contributed by atoms with Gasteiger partial charge in [0.05, 0.1) is 5.69 Å². The van der Waals surface area contributed by atoms with Gasteiger partial charge in [0.2, 0.25) is 0 Å². The van der Waals surface area contributed by atoms with E-state index in [1.807, 2.05) is 18.2 Å². The normalized spacial score (nSPS) is 24.3. The Morgan fingerprint density at radius 2 is 2.11 bits per heavy atom. The van der Waals surface area contributed by atoms with Crippen LogP contribution in [0.1, 0.15) is 39.0 Å². The van der Waals surface area contributed by atoms with E-state index >= 15 is 0 Å². The number of nitrogen functional groups attached to an aromatic ring is 1. The lowest BCUT2D eigenvalue weighted by atomic mass is 9.97. The summed E-state index contributed by atoms with van der Waals surface area (Å²) < 4.78 is 5.74. The Morgan fingerprint density at radius 1 is 1.26 bits per heavy atom. The molecule has 0 amide bonds. The summed E-state index contributed by atoms with van der Waals surface area (Å²) in [7, 11) is 0. The third-order valence-electron chi connectivity index (χ3n) is 4.12. The molecule has 1 saturated carbocycles. The largest absolute Gasteiger partial charge is 0.423 e. The van der Waals surface area contributed by atoms with Crippen molar-refractivity contribution >= 4 is 22.8 Å². The van der Waals surface area contributed by atoms with E-state index in [1.165, 1.54) is 32.1 Å². The minimum absolute atomic E-state index is 0.455. The van der Waals surface area contributed by atoms with Crippen molar-refractivity contribution in [1.29, 1.82) is 0 Å². The number of nitrogens with one attached hydrogen (secondary N) is 1. The molecule has 1 aromatic heterocycles. The van der Waals surface area contributed by atoms with Crippen molar-refractivity contribution in [3.05, 3.63) is 18.2 Å². The predicted molar refractivity (Wildman–Crippen MR) is 78.1 cm³/mol. The Balaban J connectivity index is 1.82. The van der Waals surface area contributed by atoms with Gasteiger partial charge in [0.25, 0.3) is 6.01 Å². The lowest BCUT2D eigenvalue weighted by Crippen LogP contribution is -2.26. The quantitative estimate of drug-likeness (QED) is 0.636. The Morgan fingerprint density at radius 3 is 2.95 bits per heavy atom. The zero-order valence-electron chi connectivity index (χ0n) is 11.4. The molecule has 19 heavy (non-hydrogen) atoms. The summed E-state index contributed by atoms with van der Waals surface area (Å²) >= 11 is 0. The molecule has 3 N–H and O–H groups in total. The lowest BCUT2D eigenvalue weighted by molar-refractivity contribution is 0.444. The molecule has 1 aliphatic carbocycles. The first-order chi connectivity index (χ1) is 9.24. The van der Waals surface area contributed by atoms with Crippen molar-refractivity contribution in [3.8, 4) is 0 Å². The maximum Gasteiger partial charge on any atom is 0.295 e. The monoisotopic (exact) mass is 259 g/mol. The van der Waals surface area contributed by atoms with E-state index in [2.05, 4.69) is 17.2 Å². The van der Waals surface area contributed by atoms with E-state index in [-0.39, 0.29) is 0 Å². The number of aromatic nitrogens is 1. The highest BCUT2D eigenvalue weighted by atomic mass is 16.4. The second kappa shape index (κ2) is 5.11. The van der Waals surface area contributed by atoms with Gasteiger partial charge >= 0.3 is 0 Å². The zero-order chi connectivity index (χ0) is 13.2. The van der Waals surface area contributed by atoms with Crippen LogP contribution in [0.4, 0.5) is 11.7 Å². The van der Waals surface area contributed by atoms with Crippen LogP contribution in [0.15, 0.2) is 22.6 Å². The Labute approximate surface area is 113 Å². The average molecular weight is 259 g/mol. The molecule has 4 nitrogen and oxygen atoms in total. The van der Waals surface area contributed by atoms with Crippen molar-refractivity contribution in [3.63, 3.8) is 0 Å². The maximum absolute atomic E-state index is 5.90. The Bertz CT molecular complexity index is 564. The molecule has 0 saturated heterocycles. The van der Waals surface area contributed by atoms with Gasteiger partial charge in [-0.1, -0.05) is 32.3 Å².